The van der Waals surface area contributed by atoms with Crippen LogP contribution < -0.4 is 15.4 Å². The van der Waals surface area contributed by atoms with Crippen molar-refractivity contribution < 1.29 is 37.4 Å². The second-order valence-corrected chi connectivity index (χ2v) is 10.7. The highest BCUT2D eigenvalue weighted by Crippen LogP contribution is 2.32. The normalized spacial score (nSPS) is 22.6. The molecule has 10 nitrogen and oxygen atoms in total. The number of amides is 2. The molecule has 5 aromatic rings. The van der Waals surface area contributed by atoms with Gasteiger partial charge in [-0.3, -0.25) is 14.6 Å². The number of ether oxygens (including phenoxy) is 2. The third kappa shape index (κ3) is 6.17. The largest absolute Gasteiger partial charge is 0.492 e. The molecule has 2 aromatic carbocycles. The zero-order valence-corrected chi connectivity index (χ0v) is 23.3. The van der Waals surface area contributed by atoms with Crippen LogP contribution in [0.4, 0.5) is 29.5 Å². The van der Waals surface area contributed by atoms with Crippen molar-refractivity contribution in [1.29, 1.82) is 0 Å². The average Bonchev–Trinajstić information content (AvgIpc) is 3.79. The molecular weight excluding hydrogens is 585 g/mol. The van der Waals surface area contributed by atoms with Crippen molar-refractivity contribution in [2.75, 3.05) is 70.0 Å². The number of carbonyl (C=O) groups is 1. The van der Waals surface area contributed by atoms with E-state index >= 15 is 0 Å². The molecule has 2 N–H and O–H groups in total. The molecule has 3 aromatic heterocycles. The predicted octanol–water partition coefficient (Wildman–Crippen LogP) is 5.71. The predicted molar refractivity (Wildman–Crippen MR) is 158 cm³/mol. The van der Waals surface area contributed by atoms with Gasteiger partial charge in [0.15, 0.2) is 16.5 Å². The molecule has 4 heterocycles. The summed E-state index contributed by atoms with van der Waals surface area (Å²) < 4.78 is 90.1. The van der Waals surface area contributed by atoms with Crippen molar-refractivity contribution in [3.63, 3.8) is 0 Å². The van der Waals surface area contributed by atoms with Gasteiger partial charge >= 0.3 is 6.03 Å². The number of imidazole rings is 1. The zero-order valence-electron chi connectivity index (χ0n) is 26.5. The number of thiazole rings is 1. The maximum absolute atomic E-state index is 13.3. The number of aromatic nitrogens is 3. The Labute approximate surface area is 254 Å². The van der Waals surface area contributed by atoms with Gasteiger partial charge in [-0.25, -0.2) is 22.9 Å². The monoisotopic (exact) mass is 618 g/mol. The second-order valence-electron chi connectivity index (χ2n) is 9.72. The lowest BCUT2D eigenvalue weighted by molar-refractivity contribution is 0.0322. The van der Waals surface area contributed by atoms with Crippen molar-refractivity contribution in [2.45, 2.75) is 5.41 Å². The maximum Gasteiger partial charge on any atom is 0.324 e. The molecule has 4 atom stereocenters. The summed E-state index contributed by atoms with van der Waals surface area (Å²) in [6, 6.07) is 12.9. The Morgan fingerprint density at radius 2 is 1.84 bits per heavy atom. The first-order valence-electron chi connectivity index (χ1n) is 15.4. The molecule has 0 spiro atoms. The van der Waals surface area contributed by atoms with Crippen molar-refractivity contribution in [1.82, 2.24) is 19.4 Å². The van der Waals surface area contributed by atoms with Gasteiger partial charge in [0, 0.05) is 45.8 Å². The fraction of sp³-hybridized carbons (Fsp3) is 0.345. The van der Waals surface area contributed by atoms with E-state index in [9.17, 15) is 18.0 Å². The van der Waals surface area contributed by atoms with Crippen molar-refractivity contribution in [3.05, 3.63) is 60.5 Å². The van der Waals surface area contributed by atoms with Crippen molar-refractivity contribution >= 4 is 44.1 Å². The van der Waals surface area contributed by atoms with Gasteiger partial charge in [0.1, 0.15) is 37.8 Å². The molecule has 2 amide bonds. The Hall–Kier alpha value is -4.14. The van der Waals surface area contributed by atoms with E-state index in [0.717, 1.165) is 26.8 Å². The Morgan fingerprint density at radius 3 is 2.58 bits per heavy atom. The molecule has 0 saturated carbocycles. The standard InChI is InChI=1S/C29H29F3N6O4S/c30-16-29(17-31,18-32)25-14-26(36-42-25)35-27(39)33-20-3-1-19(2-4-20)22-15-38-23-6-5-21(13-24(23)43-28(38)34-22)41-12-9-37-7-10-40-11-8-37/h1-6,13-15H,7-12,16-18H2,(H2,33,35,36,39)/i7D,8D,10D,11D. The average molecular weight is 619 g/mol. The molecular formula is C29H29F3N6O4S. The number of fused-ring (bicyclic) bond motifs is 3. The third-order valence-corrected chi connectivity index (χ3v) is 7.84. The van der Waals surface area contributed by atoms with E-state index in [4.69, 9.17) is 24.5 Å². The lowest BCUT2D eigenvalue weighted by Gasteiger charge is -2.26. The van der Waals surface area contributed by atoms with E-state index in [1.54, 1.807) is 24.3 Å². The number of hydrogen-bond acceptors (Lipinski definition) is 8. The summed E-state index contributed by atoms with van der Waals surface area (Å²) in [6.07, 6.45) is 1.90. The molecule has 0 bridgehead atoms. The zero-order chi connectivity index (χ0) is 33.3. The Bertz CT molecular complexity index is 1830. The Kier molecular flexibility index (Phi) is 7.13. The molecule has 0 aliphatic carbocycles. The van der Waals surface area contributed by atoms with E-state index < -0.39 is 57.7 Å². The highest BCUT2D eigenvalue weighted by atomic mass is 32.1. The quantitative estimate of drug-likeness (QED) is 0.196. The SMILES string of the molecule is [2H]C1OC([2H])C([2H])N(CCOc2ccc3c(c2)sc2nc(-c4ccc(NC(=O)Nc5cc(C(CF)(CF)CF)on5)cc4)cn23)C1[2H]. The molecule has 14 heteroatoms. The number of morpholine rings is 1. The number of nitrogens with zero attached hydrogens (tertiary/aromatic N) is 4. The Morgan fingerprint density at radius 1 is 1.07 bits per heavy atom. The fourth-order valence-electron chi connectivity index (χ4n) is 4.34. The smallest absolute Gasteiger partial charge is 0.324 e. The van der Waals surface area contributed by atoms with Crippen molar-refractivity contribution in [2.24, 2.45) is 0 Å². The summed E-state index contributed by atoms with van der Waals surface area (Å²) in [4.78, 5) is 19.3. The van der Waals surface area contributed by atoms with Gasteiger partial charge in [0.05, 0.1) is 31.8 Å². The summed E-state index contributed by atoms with van der Waals surface area (Å²) in [5.41, 5.74) is 0.793. The number of urea groups is 1. The number of anilines is 2. The lowest BCUT2D eigenvalue weighted by Crippen LogP contribution is -2.38. The number of halogens is 3. The molecule has 1 fully saturated rings. The molecule has 1 aliphatic heterocycles. The van der Waals surface area contributed by atoms with Crippen LogP contribution in [0.3, 0.4) is 0 Å². The van der Waals surface area contributed by atoms with Gasteiger partial charge in [-0.15, -0.1) is 0 Å². The van der Waals surface area contributed by atoms with Crippen LogP contribution in [0.15, 0.2) is 59.3 Å². The summed E-state index contributed by atoms with van der Waals surface area (Å²) in [5, 5.41) is 8.56. The van der Waals surface area contributed by atoms with Crippen molar-refractivity contribution in [3.8, 4) is 17.0 Å². The second kappa shape index (κ2) is 12.6. The summed E-state index contributed by atoms with van der Waals surface area (Å²) >= 11 is 1.47. The van der Waals surface area contributed by atoms with E-state index in [0.29, 0.717) is 17.1 Å². The van der Waals surface area contributed by atoms with Crippen LogP contribution in [0.2, 0.25) is 0 Å². The van der Waals surface area contributed by atoms with Gasteiger partial charge in [0.2, 0.25) is 0 Å². The highest BCUT2D eigenvalue weighted by Gasteiger charge is 2.38. The number of rotatable bonds is 11. The number of carbonyl (C=O) groups excluding carboxylic acids is 1. The first-order valence-corrected chi connectivity index (χ1v) is 13.9. The molecule has 1 saturated heterocycles. The van der Waals surface area contributed by atoms with Crippen LogP contribution in [-0.4, -0.2) is 84.9 Å². The van der Waals surface area contributed by atoms with Gasteiger partial charge in [-0.05, 0) is 30.3 Å². The first kappa shape index (κ1) is 24.3. The van der Waals surface area contributed by atoms with Crippen LogP contribution >= 0.6 is 11.3 Å². The van der Waals surface area contributed by atoms with E-state index in [2.05, 4.69) is 15.8 Å². The number of hydrogen-bond donors (Lipinski definition) is 2. The van der Waals surface area contributed by atoms with E-state index in [1.807, 2.05) is 28.8 Å². The minimum Gasteiger partial charge on any atom is -0.492 e. The first-order chi connectivity index (χ1) is 22.6. The maximum atomic E-state index is 13.3. The van der Waals surface area contributed by atoms with Gasteiger partial charge < -0.3 is 19.3 Å². The van der Waals surface area contributed by atoms with E-state index in [1.165, 1.54) is 16.2 Å². The van der Waals surface area contributed by atoms with Crippen LogP contribution in [0.1, 0.15) is 11.2 Å². The van der Waals surface area contributed by atoms with Gasteiger partial charge in [0.25, 0.3) is 0 Å². The molecule has 1 aliphatic rings. The van der Waals surface area contributed by atoms with Crippen LogP contribution in [0.25, 0.3) is 26.4 Å². The minimum atomic E-state index is -2.09. The Balaban J connectivity index is 1.06. The number of alkyl halides is 3. The summed E-state index contributed by atoms with van der Waals surface area (Å²) in [5.74, 6) is 0.138. The van der Waals surface area contributed by atoms with Gasteiger partial charge in [-0.2, -0.15) is 0 Å². The van der Waals surface area contributed by atoms with Crippen LogP contribution in [-0.2, 0) is 10.2 Å². The number of benzene rings is 2. The van der Waals surface area contributed by atoms with E-state index in [-0.39, 0.29) is 24.7 Å². The van der Waals surface area contributed by atoms with Crippen LogP contribution in [0, 0.1) is 0 Å². The van der Waals surface area contributed by atoms with Crippen LogP contribution in [0.5, 0.6) is 5.75 Å². The molecule has 226 valence electrons. The summed E-state index contributed by atoms with van der Waals surface area (Å²) in [6.45, 7) is -8.14. The molecule has 0 radical (unpaired) electrons. The molecule has 6 rings (SSSR count). The number of nitrogens with one attached hydrogen (secondary N) is 2. The van der Waals surface area contributed by atoms with Gasteiger partial charge in [-0.1, -0.05) is 28.6 Å². The summed E-state index contributed by atoms with van der Waals surface area (Å²) in [7, 11) is 0. The molecule has 43 heavy (non-hydrogen) atoms. The third-order valence-electron chi connectivity index (χ3n) is 6.83. The highest BCUT2D eigenvalue weighted by molar-refractivity contribution is 7.23. The molecule has 4 unspecified atom stereocenters. The minimum absolute atomic E-state index is 0.124. The topological polar surface area (TPSA) is 106 Å². The fourth-order valence-corrected chi connectivity index (χ4v) is 5.38. The lowest BCUT2D eigenvalue weighted by atomic mass is 9.90.